The maximum Gasteiger partial charge on any atom is 0.192 e. The standard InChI is InChI=1S/C12H25N3/c1-9-6-7-10(2)15(8-9)11(13)14-12(3,4)5/h9-10H,6-8H2,1-5H3,(H2,13,14). The average Bonchev–Trinajstić information content (AvgIpc) is 2.06. The van der Waals surface area contributed by atoms with Crippen LogP contribution in [0.15, 0.2) is 4.99 Å². The molecule has 0 aromatic carbocycles. The zero-order chi connectivity index (χ0) is 11.6. The van der Waals surface area contributed by atoms with Crippen molar-refractivity contribution < 1.29 is 0 Å². The number of aliphatic imine (C=N–C) groups is 1. The second-order valence-corrected chi connectivity index (χ2v) is 5.82. The monoisotopic (exact) mass is 211 g/mol. The van der Waals surface area contributed by atoms with Gasteiger partial charge in [0.15, 0.2) is 5.96 Å². The van der Waals surface area contributed by atoms with Gasteiger partial charge in [0.25, 0.3) is 0 Å². The van der Waals surface area contributed by atoms with E-state index in [1.807, 2.05) is 0 Å². The molecule has 1 rings (SSSR count). The van der Waals surface area contributed by atoms with Crippen LogP contribution in [0, 0.1) is 5.92 Å². The van der Waals surface area contributed by atoms with Gasteiger partial charge in [-0.25, -0.2) is 4.99 Å². The number of nitrogens with zero attached hydrogens (tertiary/aromatic N) is 2. The van der Waals surface area contributed by atoms with Crippen molar-refractivity contribution in [3.63, 3.8) is 0 Å². The molecule has 1 fully saturated rings. The molecule has 0 spiro atoms. The number of likely N-dealkylation sites (tertiary alicyclic amines) is 1. The van der Waals surface area contributed by atoms with Crippen LogP contribution in [0.1, 0.15) is 47.5 Å². The summed E-state index contributed by atoms with van der Waals surface area (Å²) in [5.41, 5.74) is 5.98. The lowest BCUT2D eigenvalue weighted by atomic mass is 9.95. The summed E-state index contributed by atoms with van der Waals surface area (Å²) in [4.78, 5) is 6.79. The molecule has 88 valence electrons. The second-order valence-electron chi connectivity index (χ2n) is 5.82. The zero-order valence-electron chi connectivity index (χ0n) is 10.7. The summed E-state index contributed by atoms with van der Waals surface area (Å²) in [7, 11) is 0. The Hall–Kier alpha value is -0.730. The number of piperidine rings is 1. The van der Waals surface area contributed by atoms with E-state index in [2.05, 4.69) is 44.5 Å². The Bertz CT molecular complexity index is 240. The molecule has 0 aromatic heterocycles. The minimum Gasteiger partial charge on any atom is -0.370 e. The fraction of sp³-hybridized carbons (Fsp3) is 0.917. The van der Waals surface area contributed by atoms with Crippen molar-refractivity contribution in [2.45, 2.75) is 59.0 Å². The predicted molar refractivity (Wildman–Crippen MR) is 65.9 cm³/mol. The molecule has 3 nitrogen and oxygen atoms in total. The number of hydrogen-bond acceptors (Lipinski definition) is 1. The van der Waals surface area contributed by atoms with Gasteiger partial charge in [-0.1, -0.05) is 6.92 Å². The van der Waals surface area contributed by atoms with Crippen molar-refractivity contribution in [3.8, 4) is 0 Å². The summed E-state index contributed by atoms with van der Waals surface area (Å²) in [5, 5.41) is 0. The van der Waals surface area contributed by atoms with Crippen molar-refractivity contribution in [1.29, 1.82) is 0 Å². The Morgan fingerprint density at radius 1 is 1.27 bits per heavy atom. The Morgan fingerprint density at radius 3 is 2.40 bits per heavy atom. The van der Waals surface area contributed by atoms with Gasteiger partial charge in [-0.2, -0.15) is 0 Å². The molecule has 2 unspecified atom stereocenters. The lowest BCUT2D eigenvalue weighted by Crippen LogP contribution is -2.49. The molecule has 1 saturated heterocycles. The summed E-state index contributed by atoms with van der Waals surface area (Å²) in [6.45, 7) is 11.8. The molecule has 0 amide bonds. The van der Waals surface area contributed by atoms with Crippen LogP contribution >= 0.6 is 0 Å². The number of guanidine groups is 1. The van der Waals surface area contributed by atoms with Crippen molar-refractivity contribution >= 4 is 5.96 Å². The lowest BCUT2D eigenvalue weighted by molar-refractivity contribution is 0.203. The molecule has 1 heterocycles. The largest absolute Gasteiger partial charge is 0.370 e. The van der Waals surface area contributed by atoms with Crippen molar-refractivity contribution in [1.82, 2.24) is 4.90 Å². The third-order valence-corrected chi connectivity index (χ3v) is 2.86. The molecule has 15 heavy (non-hydrogen) atoms. The second kappa shape index (κ2) is 4.42. The van der Waals surface area contributed by atoms with Crippen LogP contribution in [0.2, 0.25) is 0 Å². The van der Waals surface area contributed by atoms with Gasteiger partial charge in [0.1, 0.15) is 0 Å². The first-order valence-corrected chi connectivity index (χ1v) is 5.91. The summed E-state index contributed by atoms with van der Waals surface area (Å²) in [6, 6.07) is 0.535. The normalized spacial score (nSPS) is 29.4. The van der Waals surface area contributed by atoms with Crippen LogP contribution in [0.5, 0.6) is 0 Å². The van der Waals surface area contributed by atoms with Crippen LogP contribution in [0.25, 0.3) is 0 Å². The minimum atomic E-state index is -0.0789. The first-order valence-electron chi connectivity index (χ1n) is 5.91. The van der Waals surface area contributed by atoms with E-state index in [4.69, 9.17) is 5.73 Å². The van der Waals surface area contributed by atoms with Gasteiger partial charge in [0.2, 0.25) is 0 Å². The molecule has 1 aliphatic heterocycles. The first-order chi connectivity index (χ1) is 6.79. The van der Waals surface area contributed by atoms with Gasteiger partial charge < -0.3 is 10.6 Å². The molecular formula is C12H25N3. The Morgan fingerprint density at radius 2 is 1.87 bits per heavy atom. The number of hydrogen-bond donors (Lipinski definition) is 1. The van der Waals surface area contributed by atoms with E-state index < -0.39 is 0 Å². The van der Waals surface area contributed by atoms with Gasteiger partial charge in [0, 0.05) is 12.6 Å². The zero-order valence-corrected chi connectivity index (χ0v) is 10.7. The van der Waals surface area contributed by atoms with Gasteiger partial charge >= 0.3 is 0 Å². The predicted octanol–water partition coefficient (Wildman–Crippen LogP) is 2.22. The van der Waals surface area contributed by atoms with Crippen LogP contribution in [-0.4, -0.2) is 29.0 Å². The molecule has 0 radical (unpaired) electrons. The van der Waals surface area contributed by atoms with Crippen LogP contribution < -0.4 is 5.73 Å². The van der Waals surface area contributed by atoms with Crippen LogP contribution in [-0.2, 0) is 0 Å². The van der Waals surface area contributed by atoms with E-state index in [0.29, 0.717) is 12.0 Å². The molecule has 1 aliphatic rings. The van der Waals surface area contributed by atoms with E-state index >= 15 is 0 Å². The molecule has 2 N–H and O–H groups in total. The maximum absolute atomic E-state index is 6.06. The summed E-state index contributed by atoms with van der Waals surface area (Å²) in [5.74, 6) is 1.44. The summed E-state index contributed by atoms with van der Waals surface area (Å²) < 4.78 is 0. The lowest BCUT2D eigenvalue weighted by Gasteiger charge is -2.38. The van der Waals surface area contributed by atoms with Crippen molar-refractivity contribution in [2.75, 3.05) is 6.54 Å². The Kier molecular flexibility index (Phi) is 3.63. The first kappa shape index (κ1) is 12.3. The number of nitrogens with two attached hydrogens (primary N) is 1. The smallest absolute Gasteiger partial charge is 0.192 e. The summed E-state index contributed by atoms with van der Waals surface area (Å²) >= 11 is 0. The third kappa shape index (κ3) is 3.73. The highest BCUT2D eigenvalue weighted by molar-refractivity contribution is 5.79. The highest BCUT2D eigenvalue weighted by atomic mass is 15.3. The van der Waals surface area contributed by atoms with Crippen LogP contribution in [0.4, 0.5) is 0 Å². The van der Waals surface area contributed by atoms with Crippen LogP contribution in [0.3, 0.4) is 0 Å². The molecule has 0 bridgehead atoms. The fourth-order valence-electron chi connectivity index (χ4n) is 2.02. The quantitative estimate of drug-likeness (QED) is 0.493. The van der Waals surface area contributed by atoms with E-state index in [0.717, 1.165) is 12.5 Å². The van der Waals surface area contributed by atoms with Gasteiger partial charge in [0.05, 0.1) is 5.54 Å². The van der Waals surface area contributed by atoms with E-state index in [1.54, 1.807) is 0 Å². The molecule has 0 aromatic rings. The molecule has 0 saturated carbocycles. The highest BCUT2D eigenvalue weighted by Gasteiger charge is 2.25. The Balaban J connectivity index is 2.73. The van der Waals surface area contributed by atoms with E-state index in [-0.39, 0.29) is 5.54 Å². The van der Waals surface area contributed by atoms with Gasteiger partial charge in [-0.05, 0) is 46.5 Å². The summed E-state index contributed by atoms with van der Waals surface area (Å²) in [6.07, 6.45) is 2.53. The topological polar surface area (TPSA) is 41.6 Å². The molecule has 3 heteroatoms. The Labute approximate surface area is 93.7 Å². The van der Waals surface area contributed by atoms with E-state index in [9.17, 15) is 0 Å². The average molecular weight is 211 g/mol. The highest BCUT2D eigenvalue weighted by Crippen LogP contribution is 2.21. The molecular weight excluding hydrogens is 186 g/mol. The maximum atomic E-state index is 6.06. The fourth-order valence-corrected chi connectivity index (χ4v) is 2.02. The third-order valence-electron chi connectivity index (χ3n) is 2.86. The van der Waals surface area contributed by atoms with Gasteiger partial charge in [-0.3, -0.25) is 0 Å². The molecule has 2 atom stereocenters. The minimum absolute atomic E-state index is 0.0789. The molecule has 0 aliphatic carbocycles. The SMILES string of the molecule is CC1CCC(C)N(C(N)=NC(C)(C)C)C1. The van der Waals surface area contributed by atoms with Crippen molar-refractivity contribution in [2.24, 2.45) is 16.6 Å². The van der Waals surface area contributed by atoms with Gasteiger partial charge in [-0.15, -0.1) is 0 Å². The van der Waals surface area contributed by atoms with Crippen molar-refractivity contribution in [3.05, 3.63) is 0 Å². The number of rotatable bonds is 0. The van der Waals surface area contributed by atoms with E-state index in [1.165, 1.54) is 12.8 Å².